The van der Waals surface area contributed by atoms with Crippen molar-refractivity contribution in [2.24, 2.45) is 0 Å². The summed E-state index contributed by atoms with van der Waals surface area (Å²) in [6.45, 7) is 0. The van der Waals surface area contributed by atoms with Crippen LogP contribution in [0, 0.1) is 0 Å². The van der Waals surface area contributed by atoms with Crippen molar-refractivity contribution in [2.45, 2.75) is 30.6 Å². The van der Waals surface area contributed by atoms with Crippen LogP contribution in [0.3, 0.4) is 0 Å². The second-order valence-corrected chi connectivity index (χ2v) is 5.91. The van der Waals surface area contributed by atoms with E-state index in [0.717, 1.165) is 30.8 Å². The molecule has 0 spiro atoms. The van der Waals surface area contributed by atoms with E-state index in [1.165, 1.54) is 28.2 Å². The first-order valence-corrected chi connectivity index (χ1v) is 8.17. The average molecular weight is 287 g/mol. The van der Waals surface area contributed by atoms with Gasteiger partial charge in [-0.3, -0.25) is 0 Å². The lowest BCUT2D eigenvalue weighted by atomic mass is 10.1. The summed E-state index contributed by atoms with van der Waals surface area (Å²) in [6, 6.07) is 10.4. The molecule has 0 aliphatic heterocycles. The Morgan fingerprint density at radius 2 is 2.00 bits per heavy atom. The smallest absolute Gasteiger partial charge is 0.334 e. The molecular formula is C17H19O2S+. The lowest BCUT2D eigenvalue weighted by molar-refractivity contribution is 0.414. The Labute approximate surface area is 124 Å². The summed E-state index contributed by atoms with van der Waals surface area (Å²) in [5.41, 5.74) is 2.68. The summed E-state index contributed by atoms with van der Waals surface area (Å²) in [7, 11) is 1.69. The zero-order valence-electron chi connectivity index (χ0n) is 11.9. The fourth-order valence-electron chi connectivity index (χ4n) is 2.72. The van der Waals surface area contributed by atoms with Gasteiger partial charge >= 0.3 is 11.5 Å². The van der Waals surface area contributed by atoms with Crippen LogP contribution >= 0.6 is 11.8 Å². The van der Waals surface area contributed by atoms with Crippen LogP contribution in [0.2, 0.25) is 0 Å². The van der Waals surface area contributed by atoms with Gasteiger partial charge in [-0.1, -0.05) is 12.1 Å². The molecule has 3 rings (SSSR count). The monoisotopic (exact) mass is 287 g/mol. The Kier molecular flexibility index (Phi) is 3.97. The van der Waals surface area contributed by atoms with Gasteiger partial charge in [0.2, 0.25) is 0 Å². The Bertz CT molecular complexity index is 605. The van der Waals surface area contributed by atoms with E-state index in [2.05, 4.69) is 24.5 Å². The molecule has 0 bridgehead atoms. The third-order valence-electron chi connectivity index (χ3n) is 3.77. The van der Waals surface area contributed by atoms with Crippen LogP contribution in [-0.4, -0.2) is 13.4 Å². The summed E-state index contributed by atoms with van der Waals surface area (Å²) in [4.78, 5) is 1.38. The van der Waals surface area contributed by atoms with Crippen LogP contribution in [0.1, 0.15) is 29.1 Å². The van der Waals surface area contributed by atoms with E-state index in [9.17, 15) is 0 Å². The molecule has 1 aromatic carbocycles. The van der Waals surface area contributed by atoms with E-state index >= 15 is 0 Å². The van der Waals surface area contributed by atoms with Gasteiger partial charge in [0.25, 0.3) is 0 Å². The molecule has 0 fully saturated rings. The Balaban J connectivity index is 1.86. The molecule has 1 aliphatic carbocycles. The summed E-state index contributed by atoms with van der Waals surface area (Å²) < 4.78 is 11.3. The van der Waals surface area contributed by atoms with Crippen molar-refractivity contribution in [1.82, 2.24) is 0 Å². The average Bonchev–Trinajstić information content (AvgIpc) is 2.95. The maximum absolute atomic E-state index is 6.08. The SMILES string of the molecule is COc1ccc(Cc2cc(SC)c3c([o+]2)CCC3)cc1. The second kappa shape index (κ2) is 5.88. The molecular weight excluding hydrogens is 268 g/mol. The Morgan fingerprint density at radius 3 is 2.70 bits per heavy atom. The summed E-state index contributed by atoms with van der Waals surface area (Å²) in [5.74, 6) is 3.14. The molecule has 2 nitrogen and oxygen atoms in total. The van der Waals surface area contributed by atoms with Gasteiger partial charge < -0.3 is 4.74 Å². The van der Waals surface area contributed by atoms with Crippen molar-refractivity contribution in [3.8, 4) is 5.75 Å². The molecule has 0 radical (unpaired) electrons. The molecule has 104 valence electrons. The number of thioether (sulfide) groups is 1. The first kappa shape index (κ1) is 13.5. The number of aryl methyl sites for hydroxylation is 1. The molecule has 0 saturated heterocycles. The third-order valence-corrected chi connectivity index (χ3v) is 4.57. The number of hydrogen-bond donors (Lipinski definition) is 0. The molecule has 0 unspecified atom stereocenters. The highest BCUT2D eigenvalue weighted by molar-refractivity contribution is 7.98. The standard InChI is InChI=1S/C17H19O2S/c1-18-13-8-6-12(7-9-13)10-14-11-17(20-2)15-4-3-5-16(15)19-14/h6-9,11H,3-5,10H2,1-2H3/q+1. The highest BCUT2D eigenvalue weighted by Gasteiger charge is 2.27. The van der Waals surface area contributed by atoms with E-state index in [0.29, 0.717) is 0 Å². The van der Waals surface area contributed by atoms with Gasteiger partial charge in [0.1, 0.15) is 5.75 Å². The van der Waals surface area contributed by atoms with Crippen molar-refractivity contribution in [1.29, 1.82) is 0 Å². The molecule has 0 saturated carbocycles. The molecule has 1 heterocycles. The predicted octanol–water partition coefficient (Wildman–Crippen LogP) is 4.37. The number of hydrogen-bond acceptors (Lipinski definition) is 2. The number of ether oxygens (including phenoxy) is 1. The molecule has 1 aliphatic rings. The van der Waals surface area contributed by atoms with Crippen molar-refractivity contribution in [3.05, 3.63) is 53.0 Å². The van der Waals surface area contributed by atoms with Crippen LogP contribution in [0.15, 0.2) is 39.6 Å². The van der Waals surface area contributed by atoms with E-state index in [1.54, 1.807) is 7.11 Å². The largest absolute Gasteiger partial charge is 0.497 e. The van der Waals surface area contributed by atoms with Crippen LogP contribution in [0.4, 0.5) is 0 Å². The summed E-state index contributed by atoms with van der Waals surface area (Å²) in [5, 5.41) is 0. The normalized spacial score (nSPS) is 13.3. The quantitative estimate of drug-likeness (QED) is 0.615. The number of fused-ring (bicyclic) bond motifs is 1. The van der Waals surface area contributed by atoms with Gasteiger partial charge in [-0.05, 0) is 36.8 Å². The highest BCUT2D eigenvalue weighted by atomic mass is 32.2. The van der Waals surface area contributed by atoms with Crippen molar-refractivity contribution in [3.63, 3.8) is 0 Å². The third kappa shape index (κ3) is 2.68. The molecule has 0 atom stereocenters. The predicted molar refractivity (Wildman–Crippen MR) is 82.7 cm³/mol. The fourth-order valence-corrected chi connectivity index (χ4v) is 3.44. The minimum atomic E-state index is 0.838. The molecule has 3 heteroatoms. The number of benzene rings is 1. The van der Waals surface area contributed by atoms with Crippen LogP contribution < -0.4 is 4.74 Å². The van der Waals surface area contributed by atoms with Crippen LogP contribution in [0.25, 0.3) is 0 Å². The Morgan fingerprint density at radius 1 is 1.20 bits per heavy atom. The van der Waals surface area contributed by atoms with Gasteiger partial charge in [0, 0.05) is 4.90 Å². The summed E-state index contributed by atoms with van der Waals surface area (Å²) in [6.07, 6.45) is 6.45. The van der Waals surface area contributed by atoms with Gasteiger partial charge in [-0.2, -0.15) is 0 Å². The van der Waals surface area contributed by atoms with Gasteiger partial charge in [-0.15, -0.1) is 11.8 Å². The molecule has 2 aromatic rings. The van der Waals surface area contributed by atoms with Crippen molar-refractivity contribution >= 4 is 11.8 Å². The maximum atomic E-state index is 6.08. The Hall–Kier alpha value is -1.48. The van der Waals surface area contributed by atoms with E-state index in [1.807, 2.05) is 23.9 Å². The van der Waals surface area contributed by atoms with Gasteiger partial charge in [0.05, 0.1) is 31.6 Å². The van der Waals surface area contributed by atoms with Crippen molar-refractivity contribution in [2.75, 3.05) is 13.4 Å². The number of rotatable bonds is 4. The summed E-state index contributed by atoms with van der Waals surface area (Å²) >= 11 is 1.82. The fraction of sp³-hybridized carbons (Fsp3) is 0.353. The van der Waals surface area contributed by atoms with E-state index < -0.39 is 0 Å². The zero-order valence-corrected chi connectivity index (χ0v) is 12.8. The van der Waals surface area contributed by atoms with Crippen molar-refractivity contribution < 1.29 is 9.15 Å². The molecule has 0 N–H and O–H groups in total. The zero-order chi connectivity index (χ0) is 13.9. The molecule has 0 amide bonds. The van der Waals surface area contributed by atoms with Gasteiger partial charge in [-0.25, -0.2) is 4.42 Å². The lowest BCUT2D eigenvalue weighted by Crippen LogP contribution is -1.94. The topological polar surface area (TPSA) is 20.5 Å². The highest BCUT2D eigenvalue weighted by Crippen LogP contribution is 2.32. The van der Waals surface area contributed by atoms with E-state index in [4.69, 9.17) is 9.15 Å². The maximum Gasteiger partial charge on any atom is 0.334 e. The number of methoxy groups -OCH3 is 1. The minimum Gasteiger partial charge on any atom is -0.497 e. The van der Waals surface area contributed by atoms with Crippen LogP contribution in [-0.2, 0) is 19.3 Å². The second-order valence-electron chi connectivity index (χ2n) is 5.06. The first-order valence-electron chi connectivity index (χ1n) is 6.95. The lowest BCUT2D eigenvalue weighted by Gasteiger charge is -2.02. The molecule has 1 aromatic heterocycles. The van der Waals surface area contributed by atoms with Gasteiger partial charge in [0.15, 0.2) is 0 Å². The van der Waals surface area contributed by atoms with E-state index in [-0.39, 0.29) is 0 Å². The minimum absolute atomic E-state index is 0.838. The first-order chi connectivity index (χ1) is 9.80. The van der Waals surface area contributed by atoms with Crippen LogP contribution in [0.5, 0.6) is 5.75 Å². The molecule has 20 heavy (non-hydrogen) atoms.